The van der Waals surface area contributed by atoms with Crippen molar-refractivity contribution in [1.29, 1.82) is 0 Å². The Morgan fingerprint density at radius 2 is 2.22 bits per heavy atom. The Balaban J connectivity index is 2.07. The minimum absolute atomic E-state index is 0.191. The topological polar surface area (TPSA) is 52.3 Å². The largest absolute Gasteiger partial charge is 0.461 e. The number of esters is 1. The minimum Gasteiger partial charge on any atom is -0.461 e. The number of nitrogens with zero attached hydrogens (tertiary/aromatic N) is 1. The fourth-order valence-electron chi connectivity index (χ4n) is 2.50. The molecule has 1 aliphatic carbocycles. The van der Waals surface area contributed by atoms with Crippen LogP contribution in [0.25, 0.3) is 0 Å². The summed E-state index contributed by atoms with van der Waals surface area (Å²) in [6, 6.07) is 6.05. The van der Waals surface area contributed by atoms with Crippen molar-refractivity contribution in [2.45, 2.75) is 32.6 Å². The normalized spacial score (nSPS) is 13.9. The molecule has 0 amide bonds. The van der Waals surface area contributed by atoms with Crippen LogP contribution in [0.1, 0.15) is 58.6 Å². The van der Waals surface area contributed by atoms with E-state index in [-0.39, 0.29) is 5.69 Å². The molecule has 1 heterocycles. The molecule has 0 radical (unpaired) electrons. The van der Waals surface area contributed by atoms with Gasteiger partial charge in [-0.3, -0.25) is 0 Å². The van der Waals surface area contributed by atoms with Crippen molar-refractivity contribution in [3.63, 3.8) is 0 Å². The van der Waals surface area contributed by atoms with Crippen LogP contribution >= 0.6 is 34.8 Å². The van der Waals surface area contributed by atoms with Crippen LogP contribution in [0, 0.1) is 10.5 Å². The van der Waals surface area contributed by atoms with Crippen molar-refractivity contribution in [3.05, 3.63) is 49.9 Å². The van der Waals surface area contributed by atoms with Crippen molar-refractivity contribution in [2.75, 3.05) is 6.61 Å². The molecule has 23 heavy (non-hydrogen) atoms. The van der Waals surface area contributed by atoms with Gasteiger partial charge in [-0.25, -0.2) is 4.79 Å². The summed E-state index contributed by atoms with van der Waals surface area (Å²) in [7, 11) is 0. The second kappa shape index (κ2) is 6.68. The third-order valence-electron chi connectivity index (χ3n) is 3.80. The molecule has 2 aromatic rings. The number of halogens is 1. The maximum atomic E-state index is 12.2. The predicted octanol–water partition coefficient (Wildman–Crippen LogP) is 4.41. The lowest BCUT2D eigenvalue weighted by molar-refractivity contribution is 0.0514. The molecule has 3 rings (SSSR count). The van der Waals surface area contributed by atoms with E-state index < -0.39 is 5.97 Å². The lowest BCUT2D eigenvalue weighted by atomic mass is 9.97. The quantitative estimate of drug-likeness (QED) is 0.298. The highest BCUT2D eigenvalue weighted by Gasteiger charge is 2.36. The molecule has 4 nitrogen and oxygen atoms in total. The molecule has 1 saturated carbocycles. The van der Waals surface area contributed by atoms with E-state index in [1.807, 2.05) is 19.1 Å². The molecule has 0 N–H and O–H groups in total. The molecule has 0 aliphatic heterocycles. The summed E-state index contributed by atoms with van der Waals surface area (Å²) in [5, 5.41) is 3.95. The van der Waals surface area contributed by atoms with Crippen molar-refractivity contribution < 1.29 is 14.1 Å². The fourth-order valence-corrected chi connectivity index (χ4v) is 3.57. The van der Waals surface area contributed by atoms with E-state index in [1.165, 1.54) is 0 Å². The summed E-state index contributed by atoms with van der Waals surface area (Å²) in [6.45, 7) is 4.07. The second-order valence-corrected chi connectivity index (χ2v) is 7.21. The highest BCUT2D eigenvalue weighted by Crippen LogP contribution is 2.43. The molecule has 0 bridgehead atoms. The van der Waals surface area contributed by atoms with Gasteiger partial charge in [0, 0.05) is 9.49 Å². The molecule has 6 heteroatoms. The number of aromatic nitrogens is 1. The lowest BCUT2D eigenvalue weighted by Gasteiger charge is -2.09. The zero-order valence-electron chi connectivity index (χ0n) is 12.9. The molecule has 120 valence electrons. The van der Waals surface area contributed by atoms with Crippen LogP contribution in [0.4, 0.5) is 0 Å². The molecule has 1 aromatic carbocycles. The fraction of sp³-hybridized carbons (Fsp3) is 0.353. The van der Waals surface area contributed by atoms with E-state index in [1.54, 1.807) is 6.92 Å². The van der Waals surface area contributed by atoms with Gasteiger partial charge < -0.3 is 9.26 Å². The van der Waals surface area contributed by atoms with Crippen LogP contribution in [0.3, 0.4) is 0 Å². The summed E-state index contributed by atoms with van der Waals surface area (Å²) in [5.74, 6) is 0.544. The number of carbonyl (C=O) groups is 1. The Hall–Kier alpha value is -1.28. The van der Waals surface area contributed by atoms with Crippen LogP contribution in [0.5, 0.6) is 0 Å². The number of thiocarbonyl (C=S) groups is 1. The van der Waals surface area contributed by atoms with Gasteiger partial charge in [0.2, 0.25) is 0 Å². The van der Waals surface area contributed by atoms with E-state index in [2.05, 4.69) is 33.8 Å². The smallest absolute Gasteiger partial charge is 0.361 e. The number of carbonyl (C=O) groups excluding carboxylic acids is 1. The summed E-state index contributed by atoms with van der Waals surface area (Å²) in [4.78, 5) is 12.8. The maximum Gasteiger partial charge on any atom is 0.361 e. The Morgan fingerprint density at radius 1 is 1.48 bits per heavy atom. The third kappa shape index (κ3) is 3.33. The van der Waals surface area contributed by atoms with Gasteiger partial charge in [0.25, 0.3) is 0 Å². The zero-order valence-corrected chi connectivity index (χ0v) is 15.9. The van der Waals surface area contributed by atoms with E-state index in [9.17, 15) is 4.79 Å². The van der Waals surface area contributed by atoms with Crippen LogP contribution in [-0.2, 0) is 4.74 Å². The van der Waals surface area contributed by atoms with Crippen molar-refractivity contribution in [1.82, 2.24) is 5.16 Å². The average Bonchev–Trinajstić information content (AvgIpc) is 3.25. The molecule has 0 atom stereocenters. The van der Waals surface area contributed by atoms with Gasteiger partial charge >= 0.3 is 5.97 Å². The van der Waals surface area contributed by atoms with Crippen LogP contribution in [-0.4, -0.2) is 22.6 Å². The number of hydrogen-bond acceptors (Lipinski definition) is 5. The summed E-state index contributed by atoms with van der Waals surface area (Å²) in [5.41, 5.74) is 2.82. The standard InChI is InChI=1S/C17H16INO3S/c1-3-21-17(20)14-13(15(22-19-14)10-4-5-10)16(23)12-7-6-11(18)8-9(12)2/h6-8,10H,3-5H2,1-2H3. The first-order valence-electron chi connectivity index (χ1n) is 7.50. The molecule has 0 spiro atoms. The van der Waals surface area contributed by atoms with Gasteiger partial charge in [-0.2, -0.15) is 0 Å². The maximum absolute atomic E-state index is 12.2. The average molecular weight is 441 g/mol. The van der Waals surface area contributed by atoms with E-state index in [0.717, 1.165) is 33.3 Å². The molecule has 1 aliphatic rings. The van der Waals surface area contributed by atoms with Gasteiger partial charge in [-0.05, 0) is 72.5 Å². The lowest BCUT2D eigenvalue weighted by Crippen LogP contribution is -2.13. The SMILES string of the molecule is CCOC(=O)c1noc(C2CC2)c1C(=S)c1ccc(I)cc1C. The summed E-state index contributed by atoms with van der Waals surface area (Å²) in [6.07, 6.45) is 2.08. The number of ether oxygens (including phenoxy) is 1. The predicted molar refractivity (Wildman–Crippen MR) is 99.1 cm³/mol. The van der Waals surface area contributed by atoms with Gasteiger partial charge in [0.05, 0.1) is 17.0 Å². The molecule has 0 unspecified atom stereocenters. The van der Waals surface area contributed by atoms with Gasteiger partial charge in [-0.15, -0.1) is 0 Å². The highest BCUT2D eigenvalue weighted by molar-refractivity contribution is 14.1. The van der Waals surface area contributed by atoms with E-state index in [4.69, 9.17) is 21.5 Å². The molecule has 0 saturated heterocycles. The summed E-state index contributed by atoms with van der Waals surface area (Å²) < 4.78 is 11.7. The Labute approximate surface area is 153 Å². The monoisotopic (exact) mass is 441 g/mol. The van der Waals surface area contributed by atoms with Crippen molar-refractivity contribution >= 4 is 45.6 Å². The van der Waals surface area contributed by atoms with Gasteiger partial charge in [0.1, 0.15) is 5.76 Å². The second-order valence-electron chi connectivity index (χ2n) is 5.55. The first-order valence-corrected chi connectivity index (χ1v) is 8.99. The Bertz CT molecular complexity index is 780. The van der Waals surface area contributed by atoms with Gasteiger partial charge in [0.15, 0.2) is 5.69 Å². The molecular formula is C17H16INO3S. The Morgan fingerprint density at radius 3 is 2.83 bits per heavy atom. The third-order valence-corrected chi connectivity index (χ3v) is 4.89. The first-order chi connectivity index (χ1) is 11.0. The van der Waals surface area contributed by atoms with Gasteiger partial charge in [-0.1, -0.05) is 23.4 Å². The number of aryl methyl sites for hydroxylation is 1. The Kier molecular flexibility index (Phi) is 4.82. The number of rotatable bonds is 5. The molecule has 1 aromatic heterocycles. The molecule has 1 fully saturated rings. The van der Waals surface area contributed by atoms with E-state index >= 15 is 0 Å². The summed E-state index contributed by atoms with van der Waals surface area (Å²) >= 11 is 7.95. The number of hydrogen-bond donors (Lipinski definition) is 0. The van der Waals surface area contributed by atoms with Crippen LogP contribution in [0.15, 0.2) is 22.7 Å². The van der Waals surface area contributed by atoms with Crippen LogP contribution in [0.2, 0.25) is 0 Å². The van der Waals surface area contributed by atoms with Crippen LogP contribution < -0.4 is 0 Å². The minimum atomic E-state index is -0.483. The first kappa shape index (κ1) is 16.6. The zero-order chi connectivity index (χ0) is 16.6. The molecular weight excluding hydrogens is 425 g/mol. The van der Waals surface area contributed by atoms with E-state index in [0.29, 0.717) is 23.0 Å². The van der Waals surface area contributed by atoms with Crippen molar-refractivity contribution in [2.24, 2.45) is 0 Å². The van der Waals surface area contributed by atoms with Crippen molar-refractivity contribution in [3.8, 4) is 0 Å². The number of benzene rings is 1. The highest BCUT2D eigenvalue weighted by atomic mass is 127.